The average molecular weight is 533 g/mol. The molecule has 8 heteroatoms. The summed E-state index contributed by atoms with van der Waals surface area (Å²) >= 11 is 0. The van der Waals surface area contributed by atoms with Gasteiger partial charge in [-0.1, -0.05) is 60.2 Å². The maximum atomic E-state index is 14.1. The van der Waals surface area contributed by atoms with Gasteiger partial charge in [0.25, 0.3) is 0 Å². The molecular weight excluding hydrogens is 509 g/mol. The number of rotatable bonds is 7. The predicted octanol–water partition coefficient (Wildman–Crippen LogP) is 7.71. The first-order chi connectivity index (χ1) is 18.7. The van der Waals surface area contributed by atoms with Gasteiger partial charge >= 0.3 is 12.1 Å². The van der Waals surface area contributed by atoms with Crippen molar-refractivity contribution in [2.75, 3.05) is 6.61 Å². The minimum Gasteiger partial charge on any atom is -0.494 e. The second-order valence-corrected chi connectivity index (χ2v) is 9.06. The summed E-state index contributed by atoms with van der Waals surface area (Å²) in [5.41, 5.74) is -0.496. The van der Waals surface area contributed by atoms with Crippen molar-refractivity contribution >= 4 is 27.7 Å². The van der Waals surface area contributed by atoms with Crippen molar-refractivity contribution in [2.24, 2.45) is 0 Å². The molecule has 198 valence electrons. The monoisotopic (exact) mass is 532 g/mol. The van der Waals surface area contributed by atoms with E-state index in [-0.39, 0.29) is 35.3 Å². The molecule has 0 aliphatic carbocycles. The number of hydrogen-bond donors (Lipinski definition) is 0. The smallest absolute Gasteiger partial charge is 0.450 e. The Kier molecular flexibility index (Phi) is 7.11. The van der Waals surface area contributed by atoms with Crippen LogP contribution >= 0.6 is 0 Å². The Balaban J connectivity index is 1.40. The highest BCUT2D eigenvalue weighted by atomic mass is 19.4. The lowest BCUT2D eigenvalue weighted by Gasteiger charge is -2.14. The van der Waals surface area contributed by atoms with Gasteiger partial charge in [-0.2, -0.15) is 13.2 Å². The SMILES string of the molecule is Cc1ccc(OCCCC(=O)Oc2ccc3c(=O)c(-c4cccc5ccccc45)c(C(F)(F)F)oc3c2)cc1. The number of alkyl halides is 3. The summed E-state index contributed by atoms with van der Waals surface area (Å²) < 4.78 is 58.6. The molecule has 0 radical (unpaired) electrons. The fourth-order valence-electron chi connectivity index (χ4n) is 4.35. The fourth-order valence-corrected chi connectivity index (χ4v) is 4.35. The van der Waals surface area contributed by atoms with Gasteiger partial charge < -0.3 is 13.9 Å². The van der Waals surface area contributed by atoms with Crippen LogP contribution < -0.4 is 14.9 Å². The Labute approximate surface area is 221 Å². The third kappa shape index (κ3) is 5.65. The van der Waals surface area contributed by atoms with Gasteiger partial charge in [0.15, 0.2) is 0 Å². The summed E-state index contributed by atoms with van der Waals surface area (Å²) in [6, 6.07) is 23.0. The topological polar surface area (TPSA) is 65.7 Å². The number of hydrogen-bond acceptors (Lipinski definition) is 5. The molecule has 0 aliphatic heterocycles. The Morgan fingerprint density at radius 1 is 0.872 bits per heavy atom. The van der Waals surface area contributed by atoms with Crippen LogP contribution in [0.15, 0.2) is 94.1 Å². The van der Waals surface area contributed by atoms with Crippen LogP contribution in [0, 0.1) is 6.92 Å². The van der Waals surface area contributed by atoms with Gasteiger partial charge in [-0.3, -0.25) is 9.59 Å². The summed E-state index contributed by atoms with van der Waals surface area (Å²) in [5.74, 6) is -1.34. The van der Waals surface area contributed by atoms with E-state index in [0.717, 1.165) is 11.6 Å². The Hall–Kier alpha value is -4.59. The molecule has 0 spiro atoms. The molecule has 0 amide bonds. The number of ether oxygens (including phenoxy) is 2. The Morgan fingerprint density at radius 2 is 1.59 bits per heavy atom. The number of carbonyl (C=O) groups is 1. The molecule has 4 aromatic carbocycles. The summed E-state index contributed by atoms with van der Waals surface area (Å²) in [4.78, 5) is 25.7. The van der Waals surface area contributed by atoms with Crippen LogP contribution in [0.1, 0.15) is 24.2 Å². The fraction of sp³-hybridized carbons (Fsp3) is 0.161. The molecule has 1 heterocycles. The zero-order valence-corrected chi connectivity index (χ0v) is 20.9. The lowest BCUT2D eigenvalue weighted by atomic mass is 9.96. The van der Waals surface area contributed by atoms with Gasteiger partial charge in [0, 0.05) is 12.5 Å². The number of benzene rings is 4. The van der Waals surface area contributed by atoms with Crippen molar-refractivity contribution in [1.29, 1.82) is 0 Å². The summed E-state index contributed by atoms with van der Waals surface area (Å²) in [6.45, 7) is 2.25. The minimum atomic E-state index is -4.94. The van der Waals surface area contributed by atoms with Crippen molar-refractivity contribution in [2.45, 2.75) is 25.9 Å². The maximum absolute atomic E-state index is 14.1. The van der Waals surface area contributed by atoms with Crippen LogP contribution in [0.25, 0.3) is 32.9 Å². The van der Waals surface area contributed by atoms with Crippen molar-refractivity contribution in [3.63, 3.8) is 0 Å². The zero-order valence-electron chi connectivity index (χ0n) is 20.9. The molecule has 5 rings (SSSR count). The van der Waals surface area contributed by atoms with E-state index >= 15 is 0 Å². The lowest BCUT2D eigenvalue weighted by Crippen LogP contribution is -2.16. The highest BCUT2D eigenvalue weighted by molar-refractivity contribution is 5.98. The summed E-state index contributed by atoms with van der Waals surface area (Å²) in [5, 5.41) is 1.13. The standard InChI is InChI=1S/C31H23F3O5/c1-19-11-13-21(14-12-19)37-17-5-10-27(35)38-22-15-16-25-26(18-22)39-30(31(32,33)34)28(29(25)36)24-9-4-7-20-6-2-3-8-23(20)24/h2-4,6-9,11-16,18H,5,10,17H2,1H3. The van der Waals surface area contributed by atoms with Crippen LogP contribution in [0.4, 0.5) is 13.2 Å². The molecular formula is C31H23F3O5. The maximum Gasteiger partial charge on any atom is 0.450 e. The van der Waals surface area contributed by atoms with E-state index < -0.39 is 28.9 Å². The van der Waals surface area contributed by atoms with Gasteiger partial charge in [-0.25, -0.2) is 0 Å². The molecule has 39 heavy (non-hydrogen) atoms. The predicted molar refractivity (Wildman–Crippen MR) is 142 cm³/mol. The summed E-state index contributed by atoms with van der Waals surface area (Å²) in [6.07, 6.45) is -4.53. The van der Waals surface area contributed by atoms with E-state index in [1.54, 1.807) is 36.4 Å². The van der Waals surface area contributed by atoms with Crippen molar-refractivity contribution in [1.82, 2.24) is 0 Å². The van der Waals surface area contributed by atoms with E-state index in [4.69, 9.17) is 13.9 Å². The molecule has 5 nitrogen and oxygen atoms in total. The van der Waals surface area contributed by atoms with Crippen molar-refractivity contribution in [3.05, 3.63) is 106 Å². The summed E-state index contributed by atoms with van der Waals surface area (Å²) in [7, 11) is 0. The van der Waals surface area contributed by atoms with E-state index in [2.05, 4.69) is 0 Å². The molecule has 0 unspecified atom stereocenters. The number of carbonyl (C=O) groups excluding carboxylic acids is 1. The first kappa shape index (κ1) is 26.0. The van der Waals surface area contributed by atoms with Crippen LogP contribution in [0.2, 0.25) is 0 Å². The first-order valence-corrected chi connectivity index (χ1v) is 12.3. The Bertz CT molecular complexity index is 1710. The van der Waals surface area contributed by atoms with Crippen LogP contribution in [0.5, 0.6) is 11.5 Å². The highest BCUT2D eigenvalue weighted by Gasteiger charge is 2.39. The first-order valence-electron chi connectivity index (χ1n) is 12.3. The van der Waals surface area contributed by atoms with E-state index in [1.165, 1.54) is 18.2 Å². The second-order valence-electron chi connectivity index (χ2n) is 9.06. The Morgan fingerprint density at radius 3 is 2.36 bits per heavy atom. The molecule has 0 N–H and O–H groups in total. The van der Waals surface area contributed by atoms with Crippen LogP contribution in [-0.2, 0) is 11.0 Å². The number of aryl methyl sites for hydroxylation is 1. The highest BCUT2D eigenvalue weighted by Crippen LogP contribution is 2.39. The van der Waals surface area contributed by atoms with Gasteiger partial charge in [0.2, 0.25) is 11.2 Å². The number of esters is 1. The molecule has 0 fully saturated rings. The second kappa shape index (κ2) is 10.6. The lowest BCUT2D eigenvalue weighted by molar-refractivity contribution is -0.152. The van der Waals surface area contributed by atoms with E-state index in [1.807, 2.05) is 31.2 Å². The van der Waals surface area contributed by atoms with Crippen LogP contribution in [0.3, 0.4) is 0 Å². The third-order valence-corrected chi connectivity index (χ3v) is 6.23. The van der Waals surface area contributed by atoms with Crippen molar-refractivity contribution in [3.8, 4) is 22.6 Å². The normalized spacial score (nSPS) is 11.6. The average Bonchev–Trinajstić information content (AvgIpc) is 2.91. The molecule has 0 saturated heterocycles. The van der Waals surface area contributed by atoms with Gasteiger partial charge in [-0.15, -0.1) is 0 Å². The molecule has 1 aromatic heterocycles. The molecule has 5 aromatic rings. The molecule has 0 atom stereocenters. The quantitative estimate of drug-likeness (QED) is 0.122. The third-order valence-electron chi connectivity index (χ3n) is 6.23. The van der Waals surface area contributed by atoms with E-state index in [0.29, 0.717) is 22.9 Å². The zero-order chi connectivity index (χ0) is 27.6. The van der Waals surface area contributed by atoms with E-state index in [9.17, 15) is 22.8 Å². The van der Waals surface area contributed by atoms with Crippen LogP contribution in [-0.4, -0.2) is 12.6 Å². The molecule has 0 saturated carbocycles. The number of fused-ring (bicyclic) bond motifs is 2. The molecule has 0 aliphatic rings. The van der Waals surface area contributed by atoms with Gasteiger partial charge in [-0.05, 0) is 53.9 Å². The van der Waals surface area contributed by atoms with Gasteiger partial charge in [0.1, 0.15) is 17.1 Å². The number of halogens is 3. The molecule has 0 bridgehead atoms. The van der Waals surface area contributed by atoms with Crippen molar-refractivity contribution < 1.29 is 31.9 Å². The minimum absolute atomic E-state index is 0.0267. The van der Waals surface area contributed by atoms with Gasteiger partial charge in [0.05, 0.1) is 17.6 Å². The largest absolute Gasteiger partial charge is 0.494 e.